The van der Waals surface area contributed by atoms with E-state index in [1.54, 1.807) is 7.11 Å². The predicted molar refractivity (Wildman–Crippen MR) is 102 cm³/mol. The van der Waals surface area contributed by atoms with Gasteiger partial charge in [-0.1, -0.05) is 13.8 Å². The van der Waals surface area contributed by atoms with Gasteiger partial charge in [-0.05, 0) is 80.4 Å². The van der Waals surface area contributed by atoms with Gasteiger partial charge >= 0.3 is 0 Å². The van der Waals surface area contributed by atoms with E-state index >= 15 is 0 Å². The molecule has 4 aliphatic carbocycles. The Morgan fingerprint density at radius 1 is 1.12 bits per heavy atom. The molecule has 1 amide bonds. The quantitative estimate of drug-likeness (QED) is 0.819. The standard InChI is InChI=1S/C22H31NO3/c1-14(2)13-26-19-5-4-18(9-20(19)25-3)21(24)23-22-10-15-6-16(11-22)8-17(7-15)12-22/h4-5,9,14-17H,6-8,10-13H2,1-3H3,(H,23,24). The largest absolute Gasteiger partial charge is 0.493 e. The van der Waals surface area contributed by atoms with Crippen LogP contribution in [0.5, 0.6) is 11.5 Å². The minimum absolute atomic E-state index is 0.0284. The van der Waals surface area contributed by atoms with Crippen molar-refractivity contribution in [3.8, 4) is 11.5 Å². The van der Waals surface area contributed by atoms with E-state index in [0.717, 1.165) is 17.8 Å². The predicted octanol–water partition coefficient (Wildman–Crippen LogP) is 4.43. The van der Waals surface area contributed by atoms with Crippen LogP contribution in [0.25, 0.3) is 0 Å². The van der Waals surface area contributed by atoms with E-state index in [0.29, 0.717) is 29.6 Å². The topological polar surface area (TPSA) is 47.6 Å². The molecule has 1 aromatic rings. The third kappa shape index (κ3) is 3.43. The molecule has 142 valence electrons. The van der Waals surface area contributed by atoms with Gasteiger partial charge in [0.25, 0.3) is 5.91 Å². The molecule has 1 aromatic carbocycles. The summed E-state index contributed by atoms with van der Waals surface area (Å²) in [5.41, 5.74) is 0.695. The van der Waals surface area contributed by atoms with Crippen molar-refractivity contribution in [2.75, 3.05) is 13.7 Å². The molecule has 26 heavy (non-hydrogen) atoms. The Morgan fingerprint density at radius 2 is 1.73 bits per heavy atom. The summed E-state index contributed by atoms with van der Waals surface area (Å²) in [6, 6.07) is 5.52. The fourth-order valence-electron chi connectivity index (χ4n) is 5.76. The second-order valence-electron chi connectivity index (χ2n) is 9.22. The first-order valence-electron chi connectivity index (χ1n) is 10.1. The van der Waals surface area contributed by atoms with Crippen LogP contribution >= 0.6 is 0 Å². The lowest BCUT2D eigenvalue weighted by atomic mass is 9.53. The van der Waals surface area contributed by atoms with Crippen LogP contribution in [-0.2, 0) is 0 Å². The van der Waals surface area contributed by atoms with Crippen LogP contribution in [0, 0.1) is 23.7 Å². The summed E-state index contributed by atoms with van der Waals surface area (Å²) in [5.74, 6) is 4.27. The lowest BCUT2D eigenvalue weighted by Gasteiger charge is -2.56. The van der Waals surface area contributed by atoms with Crippen LogP contribution in [0.3, 0.4) is 0 Å². The smallest absolute Gasteiger partial charge is 0.251 e. The Morgan fingerprint density at radius 3 is 2.27 bits per heavy atom. The molecule has 4 heteroatoms. The van der Waals surface area contributed by atoms with Crippen molar-refractivity contribution < 1.29 is 14.3 Å². The molecular formula is C22H31NO3. The van der Waals surface area contributed by atoms with E-state index in [2.05, 4.69) is 19.2 Å². The Bertz CT molecular complexity index is 647. The number of amides is 1. The summed E-state index contributed by atoms with van der Waals surface area (Å²) in [6.07, 6.45) is 7.63. The van der Waals surface area contributed by atoms with Crippen LogP contribution in [0.1, 0.15) is 62.7 Å². The number of carbonyl (C=O) groups is 1. The minimum Gasteiger partial charge on any atom is -0.493 e. The normalized spacial score (nSPS) is 31.9. The Balaban J connectivity index is 1.48. The zero-order valence-corrected chi connectivity index (χ0v) is 16.2. The Labute approximate surface area is 156 Å². The Hall–Kier alpha value is -1.71. The maximum Gasteiger partial charge on any atom is 0.251 e. The minimum atomic E-state index is 0.0284. The summed E-state index contributed by atoms with van der Waals surface area (Å²) in [7, 11) is 1.62. The van der Waals surface area contributed by atoms with Gasteiger partial charge in [0.2, 0.25) is 0 Å². The summed E-state index contributed by atoms with van der Waals surface area (Å²) in [6.45, 7) is 4.86. The second kappa shape index (κ2) is 6.79. The van der Waals surface area contributed by atoms with E-state index in [-0.39, 0.29) is 11.4 Å². The number of hydrogen-bond acceptors (Lipinski definition) is 3. The first-order chi connectivity index (χ1) is 12.5. The zero-order valence-electron chi connectivity index (χ0n) is 16.2. The van der Waals surface area contributed by atoms with Crippen LogP contribution in [0.4, 0.5) is 0 Å². The van der Waals surface area contributed by atoms with Crippen molar-refractivity contribution in [3.05, 3.63) is 23.8 Å². The first kappa shape index (κ1) is 17.7. The Kier molecular flexibility index (Phi) is 4.62. The van der Waals surface area contributed by atoms with Gasteiger partial charge in [-0.15, -0.1) is 0 Å². The number of nitrogens with one attached hydrogen (secondary N) is 1. The highest BCUT2D eigenvalue weighted by atomic mass is 16.5. The molecule has 0 spiro atoms. The number of methoxy groups -OCH3 is 1. The second-order valence-corrected chi connectivity index (χ2v) is 9.22. The van der Waals surface area contributed by atoms with E-state index < -0.39 is 0 Å². The third-order valence-electron chi connectivity index (χ3n) is 6.41. The average Bonchev–Trinajstić information content (AvgIpc) is 2.58. The van der Waals surface area contributed by atoms with Gasteiger partial charge in [0, 0.05) is 11.1 Å². The van der Waals surface area contributed by atoms with Crippen molar-refractivity contribution in [1.29, 1.82) is 0 Å². The highest BCUT2D eigenvalue weighted by Gasteiger charge is 2.51. The van der Waals surface area contributed by atoms with Crippen molar-refractivity contribution >= 4 is 5.91 Å². The van der Waals surface area contributed by atoms with Gasteiger partial charge < -0.3 is 14.8 Å². The molecule has 4 saturated carbocycles. The summed E-state index contributed by atoms with van der Waals surface area (Å²) >= 11 is 0. The van der Waals surface area contributed by atoms with E-state index in [1.165, 1.54) is 38.5 Å². The first-order valence-corrected chi connectivity index (χ1v) is 10.1. The number of benzene rings is 1. The molecule has 0 atom stereocenters. The zero-order chi connectivity index (χ0) is 18.3. The molecule has 4 bridgehead atoms. The maximum absolute atomic E-state index is 13.0. The van der Waals surface area contributed by atoms with Gasteiger partial charge in [0.05, 0.1) is 13.7 Å². The average molecular weight is 357 g/mol. The molecule has 0 aliphatic heterocycles. The maximum atomic E-state index is 13.0. The van der Waals surface area contributed by atoms with Crippen LogP contribution in [0.2, 0.25) is 0 Å². The van der Waals surface area contributed by atoms with E-state index in [4.69, 9.17) is 9.47 Å². The third-order valence-corrected chi connectivity index (χ3v) is 6.41. The number of carbonyl (C=O) groups excluding carboxylic acids is 1. The fourth-order valence-corrected chi connectivity index (χ4v) is 5.76. The van der Waals surface area contributed by atoms with Crippen molar-refractivity contribution in [1.82, 2.24) is 5.32 Å². The van der Waals surface area contributed by atoms with Crippen molar-refractivity contribution in [2.45, 2.75) is 57.9 Å². The van der Waals surface area contributed by atoms with Gasteiger partial charge in [0.15, 0.2) is 11.5 Å². The summed E-state index contributed by atoms with van der Waals surface area (Å²) < 4.78 is 11.3. The molecule has 4 fully saturated rings. The highest BCUT2D eigenvalue weighted by molar-refractivity contribution is 5.95. The molecule has 4 nitrogen and oxygen atoms in total. The molecule has 0 aromatic heterocycles. The summed E-state index contributed by atoms with van der Waals surface area (Å²) in [5, 5.41) is 3.43. The molecule has 0 unspecified atom stereocenters. The van der Waals surface area contributed by atoms with Gasteiger partial charge in [-0.25, -0.2) is 0 Å². The molecule has 5 rings (SSSR count). The van der Waals surface area contributed by atoms with Crippen molar-refractivity contribution in [2.24, 2.45) is 23.7 Å². The highest BCUT2D eigenvalue weighted by Crippen LogP contribution is 2.55. The SMILES string of the molecule is COc1cc(C(=O)NC23CC4CC(CC(C4)C2)C3)ccc1OCC(C)C. The number of ether oxygens (including phenoxy) is 2. The van der Waals surface area contributed by atoms with Gasteiger partial charge in [-0.3, -0.25) is 4.79 Å². The monoisotopic (exact) mass is 357 g/mol. The van der Waals surface area contributed by atoms with Gasteiger partial charge in [-0.2, -0.15) is 0 Å². The van der Waals surface area contributed by atoms with E-state index in [9.17, 15) is 4.79 Å². The molecular weight excluding hydrogens is 326 g/mol. The van der Waals surface area contributed by atoms with E-state index in [1.807, 2.05) is 18.2 Å². The number of hydrogen-bond donors (Lipinski definition) is 1. The van der Waals surface area contributed by atoms with Gasteiger partial charge in [0.1, 0.15) is 0 Å². The summed E-state index contributed by atoms with van der Waals surface area (Å²) in [4.78, 5) is 13.0. The lowest BCUT2D eigenvalue weighted by molar-refractivity contribution is -0.0167. The molecule has 0 heterocycles. The molecule has 1 N–H and O–H groups in total. The number of rotatable bonds is 6. The van der Waals surface area contributed by atoms with Crippen LogP contribution < -0.4 is 14.8 Å². The fraction of sp³-hybridized carbons (Fsp3) is 0.682. The lowest BCUT2D eigenvalue weighted by Crippen LogP contribution is -2.59. The van der Waals surface area contributed by atoms with Crippen LogP contribution in [0.15, 0.2) is 18.2 Å². The molecule has 0 saturated heterocycles. The molecule has 4 aliphatic rings. The molecule has 0 radical (unpaired) electrons. The van der Waals surface area contributed by atoms with Crippen molar-refractivity contribution in [3.63, 3.8) is 0 Å². The van der Waals surface area contributed by atoms with Crippen LogP contribution in [-0.4, -0.2) is 25.2 Å².